The lowest BCUT2D eigenvalue weighted by Crippen LogP contribution is -2.42. The van der Waals surface area contributed by atoms with Gasteiger partial charge in [-0.2, -0.15) is 5.26 Å². The van der Waals surface area contributed by atoms with Crippen LogP contribution in [-0.2, 0) is 4.79 Å². The van der Waals surface area contributed by atoms with Gasteiger partial charge in [0.25, 0.3) is 0 Å². The summed E-state index contributed by atoms with van der Waals surface area (Å²) in [5, 5.41) is 12.2. The number of benzene rings is 1. The van der Waals surface area contributed by atoms with Gasteiger partial charge in [0.1, 0.15) is 5.75 Å². The van der Waals surface area contributed by atoms with Crippen molar-refractivity contribution in [1.29, 1.82) is 5.26 Å². The molecule has 7 nitrogen and oxygen atoms in total. The van der Waals surface area contributed by atoms with Crippen molar-refractivity contribution in [3.63, 3.8) is 0 Å². The van der Waals surface area contributed by atoms with Gasteiger partial charge in [-0.25, -0.2) is 4.98 Å². The first-order chi connectivity index (χ1) is 14.6. The largest absolute Gasteiger partial charge is 0.494 e. The Morgan fingerprint density at radius 2 is 2.07 bits per heavy atom. The van der Waals surface area contributed by atoms with Gasteiger partial charge in [0, 0.05) is 43.8 Å². The van der Waals surface area contributed by atoms with E-state index in [9.17, 15) is 4.79 Å². The molecule has 1 amide bonds. The number of hydrogen-bond acceptors (Lipinski definition) is 7. The van der Waals surface area contributed by atoms with Crippen molar-refractivity contribution in [2.24, 2.45) is 0 Å². The van der Waals surface area contributed by atoms with Crippen LogP contribution in [0.5, 0.6) is 5.75 Å². The van der Waals surface area contributed by atoms with Crippen molar-refractivity contribution in [3.05, 3.63) is 35.3 Å². The van der Waals surface area contributed by atoms with Crippen LogP contribution in [0.1, 0.15) is 25.5 Å². The van der Waals surface area contributed by atoms with Crippen molar-refractivity contribution in [2.45, 2.75) is 26.7 Å². The maximum atomic E-state index is 13.1. The van der Waals surface area contributed by atoms with Crippen molar-refractivity contribution >= 4 is 28.1 Å². The van der Waals surface area contributed by atoms with E-state index in [1.807, 2.05) is 38.1 Å². The molecule has 1 aliphatic heterocycles. The highest BCUT2D eigenvalue weighted by molar-refractivity contribution is 7.13. The zero-order valence-electron chi connectivity index (χ0n) is 17.7. The number of ether oxygens (including phenoxy) is 1. The molecule has 160 valence electrons. The van der Waals surface area contributed by atoms with Gasteiger partial charge < -0.3 is 14.5 Å². The summed E-state index contributed by atoms with van der Waals surface area (Å²) in [6.07, 6.45) is 1.29. The Labute approximate surface area is 182 Å². The maximum absolute atomic E-state index is 13.1. The summed E-state index contributed by atoms with van der Waals surface area (Å²) in [6.45, 7) is 8.81. The van der Waals surface area contributed by atoms with Gasteiger partial charge in [-0.1, -0.05) is 0 Å². The Kier molecular flexibility index (Phi) is 8.05. The average Bonchev–Trinajstić information content (AvgIpc) is 3.04. The highest BCUT2D eigenvalue weighted by Crippen LogP contribution is 2.22. The molecule has 2 heterocycles. The van der Waals surface area contributed by atoms with Crippen LogP contribution in [0.15, 0.2) is 29.6 Å². The highest BCUT2D eigenvalue weighted by atomic mass is 32.1. The number of carbonyl (C=O) groups excluding carboxylic acids is 1. The van der Waals surface area contributed by atoms with Crippen LogP contribution >= 0.6 is 11.3 Å². The summed E-state index contributed by atoms with van der Waals surface area (Å²) in [7, 11) is 0. The second-order valence-corrected chi connectivity index (χ2v) is 8.11. The van der Waals surface area contributed by atoms with Crippen molar-refractivity contribution in [3.8, 4) is 11.8 Å². The van der Waals surface area contributed by atoms with Gasteiger partial charge in [0.05, 0.1) is 31.3 Å². The fraction of sp³-hybridized carbons (Fsp3) is 0.500. The second-order valence-electron chi connectivity index (χ2n) is 7.27. The summed E-state index contributed by atoms with van der Waals surface area (Å²) in [4.78, 5) is 23.9. The lowest BCUT2D eigenvalue weighted by molar-refractivity contribution is -0.119. The predicted molar refractivity (Wildman–Crippen MR) is 120 cm³/mol. The van der Waals surface area contributed by atoms with Crippen molar-refractivity contribution in [2.75, 3.05) is 55.7 Å². The summed E-state index contributed by atoms with van der Waals surface area (Å²) < 4.78 is 5.49. The number of rotatable bonds is 8. The monoisotopic (exact) mass is 427 g/mol. The molecule has 1 fully saturated rings. The van der Waals surface area contributed by atoms with Crippen LogP contribution in [0.2, 0.25) is 0 Å². The zero-order valence-corrected chi connectivity index (χ0v) is 18.5. The molecule has 0 unspecified atom stereocenters. The molecule has 0 N–H and O–H groups in total. The zero-order chi connectivity index (χ0) is 21.3. The average molecular weight is 428 g/mol. The Morgan fingerprint density at radius 3 is 2.73 bits per heavy atom. The molecule has 0 aliphatic carbocycles. The summed E-state index contributed by atoms with van der Waals surface area (Å²) >= 11 is 1.68. The van der Waals surface area contributed by atoms with Gasteiger partial charge >= 0.3 is 0 Å². The SMILES string of the molecule is CCOc1ccc(N(CCC#N)C(=O)CN2CCCN(c3nc(C)cs3)CC2)cc1. The number of hydrogen-bond donors (Lipinski definition) is 0. The Morgan fingerprint density at radius 1 is 1.27 bits per heavy atom. The van der Waals surface area contributed by atoms with Crippen LogP contribution < -0.4 is 14.5 Å². The number of aromatic nitrogens is 1. The quantitative estimate of drug-likeness (QED) is 0.644. The fourth-order valence-corrected chi connectivity index (χ4v) is 4.39. The lowest BCUT2D eigenvalue weighted by atomic mass is 10.2. The van der Waals surface area contributed by atoms with Crippen LogP contribution in [-0.4, -0.2) is 61.7 Å². The van der Waals surface area contributed by atoms with E-state index in [1.165, 1.54) is 0 Å². The highest BCUT2D eigenvalue weighted by Gasteiger charge is 2.22. The van der Waals surface area contributed by atoms with Crippen molar-refractivity contribution < 1.29 is 9.53 Å². The summed E-state index contributed by atoms with van der Waals surface area (Å²) in [5.41, 5.74) is 1.85. The second kappa shape index (κ2) is 11.0. The van der Waals surface area contributed by atoms with E-state index in [0.717, 1.165) is 54.9 Å². The normalized spacial score (nSPS) is 14.8. The van der Waals surface area contributed by atoms with Crippen LogP contribution in [0.25, 0.3) is 0 Å². The van der Waals surface area contributed by atoms with Crippen LogP contribution in [0, 0.1) is 18.3 Å². The van der Waals surface area contributed by atoms with Crippen molar-refractivity contribution in [1.82, 2.24) is 9.88 Å². The van der Waals surface area contributed by atoms with E-state index in [1.54, 1.807) is 16.2 Å². The minimum atomic E-state index is 0.0213. The van der Waals surface area contributed by atoms with E-state index in [0.29, 0.717) is 26.1 Å². The van der Waals surface area contributed by atoms with Gasteiger partial charge in [-0.3, -0.25) is 9.69 Å². The van der Waals surface area contributed by atoms with Gasteiger partial charge in [0.2, 0.25) is 5.91 Å². The Hall–Kier alpha value is -2.63. The minimum Gasteiger partial charge on any atom is -0.494 e. The van der Waals surface area contributed by atoms with E-state index in [2.05, 4.69) is 26.2 Å². The third-order valence-corrected chi connectivity index (χ3v) is 6.05. The third kappa shape index (κ3) is 5.94. The molecule has 30 heavy (non-hydrogen) atoms. The molecule has 3 rings (SSSR count). The standard InChI is InChI=1S/C22H29N5O2S/c1-3-29-20-8-6-19(7-9-20)27(13-4-10-23)21(28)16-25-11-5-12-26(15-14-25)22-24-18(2)17-30-22/h6-9,17H,3-5,11-16H2,1-2H3. The first-order valence-electron chi connectivity index (χ1n) is 10.4. The first kappa shape index (κ1) is 22.1. The Bertz CT molecular complexity index is 861. The molecular formula is C22H29N5O2S. The first-order valence-corrected chi connectivity index (χ1v) is 11.3. The van der Waals surface area contributed by atoms with Crippen LogP contribution in [0.3, 0.4) is 0 Å². The van der Waals surface area contributed by atoms with E-state index in [4.69, 9.17) is 10.00 Å². The number of nitrogens with zero attached hydrogens (tertiary/aromatic N) is 5. The predicted octanol–water partition coefficient (Wildman–Crippen LogP) is 3.31. The molecule has 1 aromatic carbocycles. The minimum absolute atomic E-state index is 0.0213. The lowest BCUT2D eigenvalue weighted by Gasteiger charge is -2.26. The van der Waals surface area contributed by atoms with Crippen LogP contribution in [0.4, 0.5) is 10.8 Å². The number of nitriles is 1. The van der Waals surface area contributed by atoms with Gasteiger partial charge in [0.15, 0.2) is 5.13 Å². The number of anilines is 2. The molecule has 8 heteroatoms. The maximum Gasteiger partial charge on any atom is 0.241 e. The number of aryl methyl sites for hydroxylation is 1. The van der Waals surface area contributed by atoms with E-state index >= 15 is 0 Å². The van der Waals surface area contributed by atoms with E-state index in [-0.39, 0.29) is 5.91 Å². The molecule has 1 aliphatic rings. The summed E-state index contributed by atoms with van der Waals surface area (Å²) in [5.74, 6) is 0.798. The molecule has 0 spiro atoms. The molecule has 1 aromatic heterocycles. The number of carbonyl (C=O) groups is 1. The number of thiazole rings is 1. The molecule has 0 radical (unpaired) electrons. The van der Waals surface area contributed by atoms with Gasteiger partial charge in [-0.15, -0.1) is 11.3 Å². The molecule has 0 atom stereocenters. The molecule has 0 saturated carbocycles. The Balaban J connectivity index is 1.62. The smallest absolute Gasteiger partial charge is 0.241 e. The van der Waals surface area contributed by atoms with E-state index < -0.39 is 0 Å². The molecule has 0 bridgehead atoms. The topological polar surface area (TPSA) is 72.7 Å². The fourth-order valence-electron chi connectivity index (χ4n) is 3.53. The molecular weight excluding hydrogens is 398 g/mol. The third-order valence-electron chi connectivity index (χ3n) is 5.03. The van der Waals surface area contributed by atoms with Gasteiger partial charge in [-0.05, 0) is 44.5 Å². The molecule has 2 aromatic rings. The molecule has 1 saturated heterocycles. The number of amides is 1. The summed E-state index contributed by atoms with van der Waals surface area (Å²) in [6, 6.07) is 9.65.